The van der Waals surface area contributed by atoms with E-state index in [1.165, 1.54) is 25.4 Å². The van der Waals surface area contributed by atoms with Crippen LogP contribution in [-0.2, 0) is 14.8 Å². The lowest BCUT2D eigenvalue weighted by Crippen LogP contribution is -2.27. The van der Waals surface area contributed by atoms with E-state index in [-0.39, 0.29) is 16.6 Å². The molecule has 0 amide bonds. The van der Waals surface area contributed by atoms with Crippen molar-refractivity contribution in [1.29, 1.82) is 0 Å². The third kappa shape index (κ3) is 3.75. The second kappa shape index (κ2) is 5.41. The van der Waals surface area contributed by atoms with Crippen LogP contribution in [0.2, 0.25) is 5.15 Å². The predicted molar refractivity (Wildman–Crippen MR) is 56.3 cm³/mol. The molecule has 0 unspecified atom stereocenters. The van der Waals surface area contributed by atoms with Crippen LogP contribution in [0.15, 0.2) is 23.2 Å². The Bertz CT molecular complexity index is 404. The van der Waals surface area contributed by atoms with Crippen LogP contribution in [0.1, 0.15) is 0 Å². The summed E-state index contributed by atoms with van der Waals surface area (Å²) >= 11 is 5.54. The van der Waals surface area contributed by atoms with Gasteiger partial charge in [-0.05, 0) is 12.1 Å². The van der Waals surface area contributed by atoms with Gasteiger partial charge in [-0.15, -0.1) is 0 Å². The van der Waals surface area contributed by atoms with Gasteiger partial charge in [0, 0.05) is 19.9 Å². The van der Waals surface area contributed by atoms with Crippen molar-refractivity contribution in [3.05, 3.63) is 23.5 Å². The number of pyridine rings is 1. The van der Waals surface area contributed by atoms with E-state index in [2.05, 4.69) is 9.71 Å². The number of nitrogens with one attached hydrogen (secondary N) is 1. The van der Waals surface area contributed by atoms with E-state index >= 15 is 0 Å². The van der Waals surface area contributed by atoms with Crippen molar-refractivity contribution >= 4 is 21.6 Å². The number of aromatic nitrogens is 1. The lowest BCUT2D eigenvalue weighted by atomic mass is 10.5. The van der Waals surface area contributed by atoms with Crippen LogP contribution in [0, 0.1) is 0 Å². The summed E-state index contributed by atoms with van der Waals surface area (Å²) in [6, 6.07) is 2.82. The highest BCUT2D eigenvalue weighted by Crippen LogP contribution is 2.10. The van der Waals surface area contributed by atoms with Crippen molar-refractivity contribution in [3.8, 4) is 0 Å². The van der Waals surface area contributed by atoms with Gasteiger partial charge in [-0.2, -0.15) is 0 Å². The topological polar surface area (TPSA) is 68.3 Å². The van der Waals surface area contributed by atoms with E-state index in [0.29, 0.717) is 6.61 Å². The third-order valence-electron chi connectivity index (χ3n) is 1.61. The van der Waals surface area contributed by atoms with Gasteiger partial charge in [0.15, 0.2) is 0 Å². The van der Waals surface area contributed by atoms with Crippen LogP contribution in [0.3, 0.4) is 0 Å². The number of ether oxygens (including phenoxy) is 1. The highest BCUT2D eigenvalue weighted by atomic mass is 35.5. The first-order valence-electron chi connectivity index (χ1n) is 4.16. The highest BCUT2D eigenvalue weighted by molar-refractivity contribution is 7.89. The summed E-state index contributed by atoms with van der Waals surface area (Å²) in [7, 11) is -2.00. The Morgan fingerprint density at radius 2 is 2.27 bits per heavy atom. The number of hydrogen-bond acceptors (Lipinski definition) is 4. The van der Waals surface area contributed by atoms with Crippen molar-refractivity contribution in [1.82, 2.24) is 9.71 Å². The third-order valence-corrected chi connectivity index (χ3v) is 3.28. The van der Waals surface area contributed by atoms with Gasteiger partial charge in [0.2, 0.25) is 10.0 Å². The second-order valence-electron chi connectivity index (χ2n) is 2.71. The molecule has 1 aromatic rings. The first-order chi connectivity index (χ1) is 7.06. The van der Waals surface area contributed by atoms with Gasteiger partial charge in [0.1, 0.15) is 10.0 Å². The smallest absolute Gasteiger partial charge is 0.242 e. The molecule has 7 heteroatoms. The number of halogens is 1. The maximum atomic E-state index is 11.6. The van der Waals surface area contributed by atoms with Crippen LogP contribution in [0.4, 0.5) is 0 Å². The molecule has 0 aliphatic carbocycles. The molecule has 0 aliphatic heterocycles. The van der Waals surface area contributed by atoms with Gasteiger partial charge in [-0.3, -0.25) is 0 Å². The minimum atomic E-state index is -3.50. The Kier molecular flexibility index (Phi) is 4.46. The second-order valence-corrected chi connectivity index (χ2v) is 4.86. The van der Waals surface area contributed by atoms with Crippen LogP contribution in [-0.4, -0.2) is 33.7 Å². The average molecular weight is 251 g/mol. The fourth-order valence-electron chi connectivity index (χ4n) is 0.883. The fraction of sp³-hybridized carbons (Fsp3) is 0.375. The van der Waals surface area contributed by atoms with Crippen LogP contribution in [0.25, 0.3) is 0 Å². The van der Waals surface area contributed by atoms with E-state index < -0.39 is 10.0 Å². The van der Waals surface area contributed by atoms with E-state index in [9.17, 15) is 8.42 Å². The van der Waals surface area contributed by atoms with E-state index in [1.54, 1.807) is 0 Å². The molecular weight excluding hydrogens is 240 g/mol. The summed E-state index contributed by atoms with van der Waals surface area (Å²) in [5.74, 6) is 0. The highest BCUT2D eigenvalue weighted by Gasteiger charge is 2.13. The Labute approximate surface area is 93.5 Å². The minimum Gasteiger partial charge on any atom is -0.383 e. The lowest BCUT2D eigenvalue weighted by molar-refractivity contribution is 0.204. The predicted octanol–water partition coefficient (Wildman–Crippen LogP) is 0.660. The molecular formula is C8H11ClN2O3S. The molecule has 0 atom stereocenters. The van der Waals surface area contributed by atoms with E-state index in [4.69, 9.17) is 16.3 Å². The standard InChI is InChI=1S/C8H11ClN2O3S/c1-14-5-4-11-15(12,13)7-2-3-8(9)10-6-7/h2-3,6,11H,4-5H2,1H3. The monoisotopic (exact) mass is 250 g/mol. The maximum Gasteiger partial charge on any atom is 0.242 e. The zero-order valence-electron chi connectivity index (χ0n) is 8.10. The normalized spacial score (nSPS) is 11.6. The van der Waals surface area contributed by atoms with Gasteiger partial charge in [-0.1, -0.05) is 11.6 Å². The molecule has 84 valence electrons. The molecule has 0 fully saturated rings. The zero-order valence-corrected chi connectivity index (χ0v) is 9.68. The molecule has 0 saturated carbocycles. The summed E-state index contributed by atoms with van der Waals surface area (Å²) in [6.07, 6.45) is 1.21. The van der Waals surface area contributed by atoms with Gasteiger partial charge >= 0.3 is 0 Å². The molecule has 0 aromatic carbocycles. The number of methoxy groups -OCH3 is 1. The van der Waals surface area contributed by atoms with Crippen LogP contribution < -0.4 is 4.72 Å². The van der Waals surface area contributed by atoms with Crippen molar-refractivity contribution < 1.29 is 13.2 Å². The van der Waals surface area contributed by atoms with E-state index in [0.717, 1.165) is 0 Å². The van der Waals surface area contributed by atoms with Crippen molar-refractivity contribution in [3.63, 3.8) is 0 Å². The van der Waals surface area contributed by atoms with Crippen molar-refractivity contribution in [2.45, 2.75) is 4.90 Å². The SMILES string of the molecule is COCCNS(=O)(=O)c1ccc(Cl)nc1. The number of nitrogens with zero attached hydrogens (tertiary/aromatic N) is 1. The van der Waals surface area contributed by atoms with Gasteiger partial charge in [0.05, 0.1) is 6.61 Å². The Balaban J connectivity index is 2.73. The van der Waals surface area contributed by atoms with E-state index in [1.807, 2.05) is 0 Å². The van der Waals surface area contributed by atoms with Gasteiger partial charge < -0.3 is 4.74 Å². The summed E-state index contributed by atoms with van der Waals surface area (Å²) < 4.78 is 30.2. The molecule has 1 N–H and O–H groups in total. The summed E-state index contributed by atoms with van der Waals surface area (Å²) in [4.78, 5) is 3.77. The first kappa shape index (κ1) is 12.4. The summed E-state index contributed by atoms with van der Waals surface area (Å²) in [6.45, 7) is 0.543. The molecule has 5 nitrogen and oxygen atoms in total. The first-order valence-corrected chi connectivity index (χ1v) is 6.02. The van der Waals surface area contributed by atoms with Crippen molar-refractivity contribution in [2.24, 2.45) is 0 Å². The minimum absolute atomic E-state index is 0.0861. The maximum absolute atomic E-state index is 11.6. The molecule has 0 bridgehead atoms. The molecule has 1 aromatic heterocycles. The van der Waals surface area contributed by atoms with Crippen LogP contribution in [0.5, 0.6) is 0 Å². The zero-order chi connectivity index (χ0) is 11.3. The van der Waals surface area contributed by atoms with Crippen molar-refractivity contribution in [2.75, 3.05) is 20.3 Å². The molecule has 1 heterocycles. The largest absolute Gasteiger partial charge is 0.383 e. The lowest BCUT2D eigenvalue weighted by Gasteiger charge is -2.05. The number of rotatable bonds is 5. The molecule has 0 spiro atoms. The Hall–Kier alpha value is -0.690. The fourth-order valence-corrected chi connectivity index (χ4v) is 1.95. The average Bonchev–Trinajstić information content (AvgIpc) is 2.18. The molecule has 0 saturated heterocycles. The summed E-state index contributed by atoms with van der Waals surface area (Å²) in [5, 5.41) is 0.255. The molecule has 15 heavy (non-hydrogen) atoms. The van der Waals surface area contributed by atoms with Crippen LogP contribution >= 0.6 is 11.6 Å². The molecule has 0 aliphatic rings. The summed E-state index contributed by atoms with van der Waals surface area (Å²) in [5.41, 5.74) is 0. The number of hydrogen-bond donors (Lipinski definition) is 1. The molecule has 0 radical (unpaired) electrons. The number of sulfonamides is 1. The molecule has 1 rings (SSSR count). The van der Waals surface area contributed by atoms with Gasteiger partial charge in [0.25, 0.3) is 0 Å². The van der Waals surface area contributed by atoms with Gasteiger partial charge in [-0.25, -0.2) is 18.1 Å². The quantitative estimate of drug-likeness (QED) is 0.616. The Morgan fingerprint density at radius 1 is 1.53 bits per heavy atom. The Morgan fingerprint density at radius 3 is 2.80 bits per heavy atom.